The summed E-state index contributed by atoms with van der Waals surface area (Å²) < 4.78 is 12.4. The lowest BCUT2D eigenvalue weighted by atomic mass is 10.2. The van der Waals surface area contributed by atoms with E-state index in [4.69, 9.17) is 9.47 Å². The molecule has 6 nitrogen and oxygen atoms in total. The SMILES string of the molecule is COCC[C@@H]1CN(C(=O)Cn2ccnc2)CCO1. The van der Waals surface area contributed by atoms with Gasteiger partial charge in [0.15, 0.2) is 0 Å². The minimum absolute atomic E-state index is 0.0884. The quantitative estimate of drug-likeness (QED) is 0.749. The number of imidazole rings is 1. The molecule has 0 aliphatic carbocycles. The summed E-state index contributed by atoms with van der Waals surface area (Å²) in [6, 6.07) is 0. The van der Waals surface area contributed by atoms with Crippen LogP contribution < -0.4 is 0 Å². The third-order valence-electron chi connectivity index (χ3n) is 3.01. The van der Waals surface area contributed by atoms with Crippen LogP contribution in [-0.2, 0) is 20.8 Å². The molecule has 1 aliphatic rings. The van der Waals surface area contributed by atoms with Crippen LogP contribution in [0.5, 0.6) is 0 Å². The highest BCUT2D eigenvalue weighted by Gasteiger charge is 2.23. The number of nitrogens with zero attached hydrogens (tertiary/aromatic N) is 3. The van der Waals surface area contributed by atoms with Crippen LogP contribution in [0.2, 0.25) is 0 Å². The maximum absolute atomic E-state index is 12.1. The van der Waals surface area contributed by atoms with Gasteiger partial charge in [-0.3, -0.25) is 4.79 Å². The molecule has 1 aliphatic heterocycles. The van der Waals surface area contributed by atoms with Gasteiger partial charge in [-0.25, -0.2) is 4.98 Å². The summed E-state index contributed by atoms with van der Waals surface area (Å²) in [4.78, 5) is 17.9. The Morgan fingerprint density at radius 1 is 1.61 bits per heavy atom. The molecular weight excluding hydrogens is 234 g/mol. The van der Waals surface area contributed by atoms with Crippen molar-refractivity contribution in [1.82, 2.24) is 14.5 Å². The Balaban J connectivity index is 1.82. The predicted octanol–water partition coefficient (Wildman–Crippen LogP) is 0.147. The summed E-state index contributed by atoms with van der Waals surface area (Å²) in [7, 11) is 1.67. The second kappa shape index (κ2) is 6.51. The molecule has 1 aromatic rings. The summed E-state index contributed by atoms with van der Waals surface area (Å²) in [5.74, 6) is 0.110. The van der Waals surface area contributed by atoms with Gasteiger partial charge in [0.2, 0.25) is 5.91 Å². The van der Waals surface area contributed by atoms with Crippen LogP contribution in [0.25, 0.3) is 0 Å². The van der Waals surface area contributed by atoms with Crippen molar-refractivity contribution in [3.05, 3.63) is 18.7 Å². The third-order valence-corrected chi connectivity index (χ3v) is 3.01. The topological polar surface area (TPSA) is 56.6 Å². The molecule has 6 heteroatoms. The molecule has 18 heavy (non-hydrogen) atoms. The molecular formula is C12H19N3O3. The van der Waals surface area contributed by atoms with E-state index in [1.807, 2.05) is 4.90 Å². The van der Waals surface area contributed by atoms with Crippen molar-refractivity contribution < 1.29 is 14.3 Å². The van der Waals surface area contributed by atoms with Crippen LogP contribution in [0.4, 0.5) is 0 Å². The first-order valence-electron chi connectivity index (χ1n) is 6.13. The molecule has 0 unspecified atom stereocenters. The van der Waals surface area contributed by atoms with Gasteiger partial charge in [0.25, 0.3) is 0 Å². The lowest BCUT2D eigenvalue weighted by Crippen LogP contribution is -2.47. The number of carbonyl (C=O) groups is 1. The molecule has 1 aromatic heterocycles. The van der Waals surface area contributed by atoms with Gasteiger partial charge in [-0.05, 0) is 6.42 Å². The maximum atomic E-state index is 12.1. The molecule has 0 N–H and O–H groups in total. The second-order valence-corrected chi connectivity index (χ2v) is 4.35. The number of carbonyl (C=O) groups excluding carboxylic acids is 1. The maximum Gasteiger partial charge on any atom is 0.242 e. The number of ether oxygens (including phenoxy) is 2. The van der Waals surface area contributed by atoms with Gasteiger partial charge in [-0.2, -0.15) is 0 Å². The zero-order valence-corrected chi connectivity index (χ0v) is 10.6. The normalized spacial score (nSPS) is 20.1. The lowest BCUT2D eigenvalue weighted by molar-refractivity contribution is -0.140. The molecule has 1 saturated heterocycles. The molecule has 2 rings (SSSR count). The van der Waals surface area contributed by atoms with Crippen LogP contribution in [0.1, 0.15) is 6.42 Å². The average Bonchev–Trinajstić information content (AvgIpc) is 2.89. The Hall–Kier alpha value is -1.40. The van der Waals surface area contributed by atoms with E-state index in [-0.39, 0.29) is 12.0 Å². The van der Waals surface area contributed by atoms with Gasteiger partial charge in [-0.1, -0.05) is 0 Å². The van der Waals surface area contributed by atoms with E-state index in [0.717, 1.165) is 6.42 Å². The molecule has 0 aromatic carbocycles. The predicted molar refractivity (Wildman–Crippen MR) is 65.0 cm³/mol. The smallest absolute Gasteiger partial charge is 0.242 e. The highest BCUT2D eigenvalue weighted by molar-refractivity contribution is 5.76. The molecule has 1 amide bonds. The minimum Gasteiger partial charge on any atom is -0.385 e. The number of aromatic nitrogens is 2. The van der Waals surface area contributed by atoms with E-state index in [2.05, 4.69) is 4.98 Å². The molecule has 0 saturated carbocycles. The molecule has 0 bridgehead atoms. The van der Waals surface area contributed by atoms with Crippen LogP contribution in [0.3, 0.4) is 0 Å². The van der Waals surface area contributed by atoms with E-state index >= 15 is 0 Å². The molecule has 0 spiro atoms. The first kappa shape index (κ1) is 13.0. The van der Waals surface area contributed by atoms with Crippen molar-refractivity contribution >= 4 is 5.91 Å². The summed E-state index contributed by atoms with van der Waals surface area (Å²) in [5, 5.41) is 0. The fourth-order valence-corrected chi connectivity index (χ4v) is 2.01. The Morgan fingerprint density at radius 3 is 3.22 bits per heavy atom. The van der Waals surface area contributed by atoms with Gasteiger partial charge in [-0.15, -0.1) is 0 Å². The summed E-state index contributed by atoms with van der Waals surface area (Å²) in [6.45, 7) is 2.92. The highest BCUT2D eigenvalue weighted by atomic mass is 16.5. The van der Waals surface area contributed by atoms with E-state index in [0.29, 0.717) is 32.8 Å². The monoisotopic (exact) mass is 253 g/mol. The summed E-state index contributed by atoms with van der Waals surface area (Å²) in [6.07, 6.45) is 6.03. The van der Waals surface area contributed by atoms with E-state index in [1.54, 1.807) is 30.4 Å². The Bertz CT molecular complexity index is 367. The lowest BCUT2D eigenvalue weighted by Gasteiger charge is -2.33. The van der Waals surface area contributed by atoms with Crippen molar-refractivity contribution in [3.8, 4) is 0 Å². The van der Waals surface area contributed by atoms with Crippen molar-refractivity contribution in [2.45, 2.75) is 19.1 Å². The van der Waals surface area contributed by atoms with Crippen LogP contribution >= 0.6 is 0 Å². The summed E-state index contributed by atoms with van der Waals surface area (Å²) in [5.41, 5.74) is 0. The van der Waals surface area contributed by atoms with Crippen LogP contribution in [0.15, 0.2) is 18.7 Å². The van der Waals surface area contributed by atoms with Gasteiger partial charge in [0.1, 0.15) is 6.54 Å². The largest absolute Gasteiger partial charge is 0.385 e. The number of hydrogen-bond donors (Lipinski definition) is 0. The standard InChI is InChI=1S/C12H19N3O3/c1-17-6-2-11-8-15(5-7-18-11)12(16)9-14-4-3-13-10-14/h3-4,10-11H,2,5-9H2,1H3/t11-/m1/s1. The van der Waals surface area contributed by atoms with E-state index < -0.39 is 0 Å². The Morgan fingerprint density at radius 2 is 2.50 bits per heavy atom. The molecule has 100 valence electrons. The van der Waals surface area contributed by atoms with Crippen molar-refractivity contribution in [1.29, 1.82) is 0 Å². The number of morpholine rings is 1. The minimum atomic E-state index is 0.0884. The third kappa shape index (κ3) is 3.54. The first-order chi connectivity index (χ1) is 8.79. The van der Waals surface area contributed by atoms with Crippen molar-refractivity contribution in [2.24, 2.45) is 0 Å². The fourth-order valence-electron chi connectivity index (χ4n) is 2.01. The van der Waals surface area contributed by atoms with Gasteiger partial charge >= 0.3 is 0 Å². The number of amides is 1. The Kier molecular flexibility index (Phi) is 4.72. The van der Waals surface area contributed by atoms with Gasteiger partial charge < -0.3 is 18.9 Å². The highest BCUT2D eigenvalue weighted by Crippen LogP contribution is 2.09. The fraction of sp³-hybridized carbons (Fsp3) is 0.667. The van der Waals surface area contributed by atoms with Crippen LogP contribution in [0, 0.1) is 0 Å². The molecule has 2 heterocycles. The number of rotatable bonds is 5. The van der Waals surface area contributed by atoms with E-state index in [1.165, 1.54) is 0 Å². The number of hydrogen-bond acceptors (Lipinski definition) is 4. The van der Waals surface area contributed by atoms with Crippen molar-refractivity contribution in [2.75, 3.05) is 33.4 Å². The van der Waals surface area contributed by atoms with Crippen molar-refractivity contribution in [3.63, 3.8) is 0 Å². The zero-order valence-electron chi connectivity index (χ0n) is 10.6. The van der Waals surface area contributed by atoms with E-state index in [9.17, 15) is 4.79 Å². The first-order valence-corrected chi connectivity index (χ1v) is 6.13. The molecule has 1 atom stereocenters. The second-order valence-electron chi connectivity index (χ2n) is 4.35. The van der Waals surface area contributed by atoms with Gasteiger partial charge in [0, 0.05) is 39.2 Å². The number of methoxy groups -OCH3 is 1. The Labute approximate surface area is 106 Å². The molecule has 1 fully saturated rings. The zero-order chi connectivity index (χ0) is 12.8. The average molecular weight is 253 g/mol. The van der Waals surface area contributed by atoms with Crippen LogP contribution in [-0.4, -0.2) is 59.9 Å². The molecule has 0 radical (unpaired) electrons. The summed E-state index contributed by atoms with van der Waals surface area (Å²) >= 11 is 0. The van der Waals surface area contributed by atoms with Gasteiger partial charge in [0.05, 0.1) is 19.0 Å².